The first-order chi connectivity index (χ1) is 12.5. The van der Waals surface area contributed by atoms with E-state index in [2.05, 4.69) is 22.2 Å². The van der Waals surface area contributed by atoms with E-state index in [1.54, 1.807) is 35.7 Å². The second kappa shape index (κ2) is 7.46. The number of carbonyl (C=O) groups is 1. The minimum absolute atomic E-state index is 0.160. The highest BCUT2D eigenvalue weighted by Crippen LogP contribution is 2.22. The third-order valence-corrected chi connectivity index (χ3v) is 6.08. The molecule has 2 aromatic heterocycles. The van der Waals surface area contributed by atoms with Crippen molar-refractivity contribution in [2.24, 2.45) is 0 Å². The molecule has 1 amide bonds. The summed E-state index contributed by atoms with van der Waals surface area (Å²) in [5.41, 5.74) is 5.80. The lowest BCUT2D eigenvalue weighted by Crippen LogP contribution is -2.36. The first-order valence-electron chi connectivity index (χ1n) is 7.42. The van der Waals surface area contributed by atoms with Gasteiger partial charge in [-0.2, -0.15) is 0 Å². The Kier molecular flexibility index (Phi) is 5.10. The Morgan fingerprint density at radius 3 is 2.54 bits per heavy atom. The van der Waals surface area contributed by atoms with Gasteiger partial charge in [0.2, 0.25) is 0 Å². The molecule has 0 aliphatic carbocycles. The van der Waals surface area contributed by atoms with Gasteiger partial charge in [0.05, 0.1) is 23.2 Å². The molecular formula is C17H15N3O4S2. The van der Waals surface area contributed by atoms with Crippen LogP contribution in [0.4, 0.5) is 5.69 Å². The average Bonchev–Trinajstić information content (AvgIpc) is 3.33. The molecule has 26 heavy (non-hydrogen) atoms. The summed E-state index contributed by atoms with van der Waals surface area (Å²) in [7, 11) is -3.76. The van der Waals surface area contributed by atoms with Crippen LogP contribution in [0.3, 0.4) is 0 Å². The number of rotatable bonds is 7. The van der Waals surface area contributed by atoms with Crippen molar-refractivity contribution in [2.75, 3.05) is 4.72 Å². The molecule has 2 heterocycles. The van der Waals surface area contributed by atoms with Crippen LogP contribution in [0, 0.1) is 0 Å². The lowest BCUT2D eigenvalue weighted by molar-refractivity contribution is 0.0943. The van der Waals surface area contributed by atoms with Crippen LogP contribution in [-0.4, -0.2) is 14.3 Å². The predicted octanol–water partition coefficient (Wildman–Crippen LogP) is 3.05. The smallest absolute Gasteiger partial charge is 0.271 e. The number of furan rings is 1. The van der Waals surface area contributed by atoms with Gasteiger partial charge < -0.3 is 4.42 Å². The van der Waals surface area contributed by atoms with E-state index in [0.29, 0.717) is 11.5 Å². The van der Waals surface area contributed by atoms with Gasteiger partial charge in [0.1, 0.15) is 4.21 Å². The van der Waals surface area contributed by atoms with Crippen molar-refractivity contribution in [3.63, 3.8) is 0 Å². The Hall–Kier alpha value is -3.04. The molecule has 0 unspecified atom stereocenters. The molecule has 0 spiro atoms. The quantitative estimate of drug-likeness (QED) is 0.539. The number of carbonyl (C=O) groups excluding carboxylic acids is 1. The molecule has 0 saturated carbocycles. The number of amides is 1. The first-order valence-corrected chi connectivity index (χ1v) is 9.78. The van der Waals surface area contributed by atoms with E-state index in [0.717, 1.165) is 11.3 Å². The molecule has 0 atom stereocenters. The fraction of sp³-hybridized carbons (Fsp3) is 0. The van der Waals surface area contributed by atoms with Gasteiger partial charge >= 0.3 is 0 Å². The highest BCUT2D eigenvalue weighted by Gasteiger charge is 2.19. The summed E-state index contributed by atoms with van der Waals surface area (Å²) < 4.78 is 32.5. The molecule has 134 valence electrons. The monoisotopic (exact) mass is 389 g/mol. The Balaban J connectivity index is 1.74. The van der Waals surface area contributed by atoms with Crippen molar-refractivity contribution in [3.8, 4) is 0 Å². The number of benzene rings is 1. The van der Waals surface area contributed by atoms with Gasteiger partial charge in [-0.25, -0.2) is 8.42 Å². The molecule has 3 aromatic rings. The molecule has 0 bridgehead atoms. The zero-order valence-corrected chi connectivity index (χ0v) is 15.1. The summed E-state index contributed by atoms with van der Waals surface area (Å²) >= 11 is 1.09. The van der Waals surface area contributed by atoms with Gasteiger partial charge in [0.15, 0.2) is 5.76 Å². The number of hydrazine groups is 1. The van der Waals surface area contributed by atoms with Crippen LogP contribution in [0.15, 0.2) is 75.4 Å². The number of sulfonamides is 1. The van der Waals surface area contributed by atoms with E-state index in [1.807, 2.05) is 0 Å². The number of nitrogens with one attached hydrogen (secondary N) is 3. The summed E-state index contributed by atoms with van der Waals surface area (Å²) in [4.78, 5) is 12.4. The van der Waals surface area contributed by atoms with Crippen molar-refractivity contribution >= 4 is 38.7 Å². The number of thiophene rings is 1. The Labute approximate surface area is 154 Å². The van der Waals surface area contributed by atoms with E-state index >= 15 is 0 Å². The molecule has 7 nitrogen and oxygen atoms in total. The molecule has 0 aliphatic heterocycles. The van der Waals surface area contributed by atoms with Crippen LogP contribution >= 0.6 is 11.3 Å². The third-order valence-electron chi connectivity index (χ3n) is 3.32. The fourth-order valence-corrected chi connectivity index (χ4v) is 4.17. The fourth-order valence-electron chi connectivity index (χ4n) is 2.09. The Morgan fingerprint density at radius 1 is 1.04 bits per heavy atom. The second-order valence-electron chi connectivity index (χ2n) is 5.12. The van der Waals surface area contributed by atoms with Crippen molar-refractivity contribution in [1.82, 2.24) is 10.9 Å². The molecule has 3 N–H and O–H groups in total. The maximum absolute atomic E-state index is 12.4. The van der Waals surface area contributed by atoms with Crippen LogP contribution in [-0.2, 0) is 10.0 Å². The highest BCUT2D eigenvalue weighted by molar-refractivity contribution is 7.94. The minimum Gasteiger partial charge on any atom is -0.463 e. The van der Waals surface area contributed by atoms with Gasteiger partial charge in [-0.1, -0.05) is 24.8 Å². The van der Waals surface area contributed by atoms with E-state index in [4.69, 9.17) is 4.42 Å². The third kappa shape index (κ3) is 3.95. The largest absolute Gasteiger partial charge is 0.463 e. The average molecular weight is 389 g/mol. The molecular weight excluding hydrogens is 374 g/mol. The molecule has 0 fully saturated rings. The molecule has 0 radical (unpaired) electrons. The summed E-state index contributed by atoms with van der Waals surface area (Å²) in [6, 6.07) is 12.8. The van der Waals surface area contributed by atoms with E-state index < -0.39 is 15.9 Å². The number of anilines is 1. The molecule has 1 aromatic carbocycles. The van der Waals surface area contributed by atoms with E-state index in [1.165, 1.54) is 24.5 Å². The van der Waals surface area contributed by atoms with Gasteiger partial charge in [0, 0.05) is 0 Å². The van der Waals surface area contributed by atoms with Gasteiger partial charge in [-0.15, -0.1) is 11.3 Å². The molecule has 3 rings (SSSR count). The number of hydrogen-bond donors (Lipinski definition) is 3. The normalized spacial score (nSPS) is 10.9. The summed E-state index contributed by atoms with van der Waals surface area (Å²) in [5, 5.41) is 1.66. The first kappa shape index (κ1) is 17.8. The zero-order chi connectivity index (χ0) is 18.6. The van der Waals surface area contributed by atoms with E-state index in [-0.39, 0.29) is 15.5 Å². The maximum Gasteiger partial charge on any atom is 0.271 e. The summed E-state index contributed by atoms with van der Waals surface area (Å²) in [6.07, 6.45) is 1.48. The Morgan fingerprint density at radius 2 is 1.85 bits per heavy atom. The molecule has 0 saturated heterocycles. The summed E-state index contributed by atoms with van der Waals surface area (Å²) in [5.74, 6) is -0.0563. The highest BCUT2D eigenvalue weighted by atomic mass is 32.2. The number of para-hydroxylation sites is 1. The van der Waals surface area contributed by atoms with Gasteiger partial charge in [-0.05, 0) is 35.7 Å². The van der Waals surface area contributed by atoms with Crippen molar-refractivity contribution in [3.05, 3.63) is 78.1 Å². The lowest BCUT2D eigenvalue weighted by atomic mass is 10.2. The lowest BCUT2D eigenvalue weighted by Gasteiger charge is -2.13. The van der Waals surface area contributed by atoms with Crippen LogP contribution < -0.4 is 15.6 Å². The number of hydrogen-bond acceptors (Lipinski definition) is 6. The summed E-state index contributed by atoms with van der Waals surface area (Å²) in [6.45, 7) is 3.75. The van der Waals surface area contributed by atoms with Crippen LogP contribution in [0.1, 0.15) is 16.1 Å². The SMILES string of the molecule is C=C(NNC(=O)c1ccccc1NS(=O)(=O)c1cccs1)c1ccco1. The van der Waals surface area contributed by atoms with Gasteiger partial charge in [-0.3, -0.25) is 20.4 Å². The second-order valence-corrected chi connectivity index (χ2v) is 7.98. The molecule has 0 aliphatic rings. The standard InChI is InChI=1S/C17H15N3O4S2/c1-12(15-8-4-10-24-15)18-19-17(21)13-6-2-3-7-14(13)20-26(22,23)16-9-5-11-25-16/h2-11,18,20H,1H2,(H,19,21). The van der Waals surface area contributed by atoms with Crippen LogP contribution in [0.25, 0.3) is 5.70 Å². The van der Waals surface area contributed by atoms with E-state index in [9.17, 15) is 13.2 Å². The van der Waals surface area contributed by atoms with Crippen molar-refractivity contribution < 1.29 is 17.6 Å². The maximum atomic E-state index is 12.4. The zero-order valence-electron chi connectivity index (χ0n) is 13.4. The topological polar surface area (TPSA) is 100 Å². The van der Waals surface area contributed by atoms with Crippen molar-refractivity contribution in [2.45, 2.75) is 4.21 Å². The Bertz CT molecular complexity index is 1010. The van der Waals surface area contributed by atoms with Gasteiger partial charge in [0.25, 0.3) is 15.9 Å². The predicted molar refractivity (Wildman–Crippen MR) is 99.9 cm³/mol. The van der Waals surface area contributed by atoms with Crippen LogP contribution in [0.2, 0.25) is 0 Å². The minimum atomic E-state index is -3.76. The van der Waals surface area contributed by atoms with Crippen molar-refractivity contribution in [1.29, 1.82) is 0 Å². The van der Waals surface area contributed by atoms with Crippen LogP contribution in [0.5, 0.6) is 0 Å². The molecule has 9 heteroatoms.